The molecule has 6 nitrogen and oxygen atoms in total. The summed E-state index contributed by atoms with van der Waals surface area (Å²) in [6, 6.07) is 16.1. The minimum absolute atomic E-state index is 0.0765. The minimum atomic E-state index is -2.07. The predicted octanol–water partition coefficient (Wildman–Crippen LogP) is 3.61. The Balaban J connectivity index is 1.93. The molecule has 2 aromatic rings. The number of benzene rings is 2. The van der Waals surface area contributed by atoms with Gasteiger partial charge in [-0.3, -0.25) is 14.5 Å². The van der Waals surface area contributed by atoms with Crippen molar-refractivity contribution in [2.75, 3.05) is 0 Å². The van der Waals surface area contributed by atoms with E-state index in [4.69, 9.17) is 11.6 Å². The molecule has 0 radical (unpaired) electrons. The summed E-state index contributed by atoms with van der Waals surface area (Å²) < 4.78 is 13.0. The van der Waals surface area contributed by atoms with Crippen LogP contribution >= 0.6 is 11.6 Å². The van der Waals surface area contributed by atoms with E-state index in [2.05, 4.69) is 0 Å². The number of rotatable bonds is 9. The standard InChI is InChI=1S/C25H22ClNO5S/c26-22-14-21(12-11-20(22)15-28)27(25(31)33(32)17-19-9-5-2-6-10-19)23(16-29)24(30)13-18-7-3-1-4-8-18/h1-12,14-16,20,22-23H,13,17H2/t20?,22-,23?,33?/m1/s1. The quantitative estimate of drug-likeness (QED) is 0.309. The fourth-order valence-corrected chi connectivity index (χ4v) is 4.72. The number of nitrogens with zero attached hydrogens (tertiary/aromatic N) is 1. The zero-order valence-electron chi connectivity index (χ0n) is 17.6. The number of alkyl halides is 1. The lowest BCUT2D eigenvalue weighted by molar-refractivity contribution is -0.126. The van der Waals surface area contributed by atoms with E-state index in [1.54, 1.807) is 60.7 Å². The molecule has 1 amide bonds. The van der Waals surface area contributed by atoms with Crippen molar-refractivity contribution in [3.8, 4) is 0 Å². The number of hydrogen-bond donors (Lipinski definition) is 0. The van der Waals surface area contributed by atoms with Gasteiger partial charge in [-0.15, -0.1) is 11.6 Å². The number of amides is 1. The number of Topliss-reactive ketones (excluding diaryl/α,β-unsaturated/α-hetero) is 1. The summed E-state index contributed by atoms with van der Waals surface area (Å²) in [6.45, 7) is 0. The van der Waals surface area contributed by atoms with Crippen LogP contribution in [-0.2, 0) is 37.4 Å². The number of halogens is 1. The summed E-state index contributed by atoms with van der Waals surface area (Å²) in [4.78, 5) is 50.5. The van der Waals surface area contributed by atoms with E-state index in [1.807, 2.05) is 0 Å². The first kappa shape index (κ1) is 24.5. The van der Waals surface area contributed by atoms with Gasteiger partial charge in [0.05, 0.1) is 17.0 Å². The van der Waals surface area contributed by atoms with Gasteiger partial charge in [-0.05, 0) is 23.3 Å². The number of carbonyl (C=O) groups is 4. The first-order valence-electron chi connectivity index (χ1n) is 10.2. The van der Waals surface area contributed by atoms with Crippen molar-refractivity contribution in [2.24, 2.45) is 5.92 Å². The van der Waals surface area contributed by atoms with Gasteiger partial charge in [0.15, 0.2) is 18.1 Å². The van der Waals surface area contributed by atoms with Gasteiger partial charge in [0.2, 0.25) is 0 Å². The normalized spacial score (nSPS) is 19.1. The Morgan fingerprint density at radius 2 is 1.61 bits per heavy atom. The van der Waals surface area contributed by atoms with Gasteiger partial charge in [0.25, 0.3) is 0 Å². The highest BCUT2D eigenvalue weighted by Gasteiger charge is 2.36. The van der Waals surface area contributed by atoms with E-state index in [1.165, 1.54) is 18.2 Å². The Morgan fingerprint density at radius 1 is 1.00 bits per heavy atom. The maximum Gasteiger partial charge on any atom is 0.317 e. The number of ketones is 1. The molecule has 0 saturated heterocycles. The summed E-state index contributed by atoms with van der Waals surface area (Å²) in [5.74, 6) is -1.22. The Hall–Kier alpha value is -3.16. The second-order valence-electron chi connectivity index (χ2n) is 7.43. The lowest BCUT2D eigenvalue weighted by atomic mass is 9.98. The summed E-state index contributed by atoms with van der Waals surface area (Å²) >= 11 is 6.25. The van der Waals surface area contributed by atoms with Crippen LogP contribution in [0.5, 0.6) is 0 Å². The van der Waals surface area contributed by atoms with Gasteiger partial charge in [-0.1, -0.05) is 66.7 Å². The fraction of sp³-hybridized carbons (Fsp3) is 0.200. The monoisotopic (exact) mass is 483 g/mol. The highest BCUT2D eigenvalue weighted by molar-refractivity contribution is 7.99. The maximum atomic E-state index is 13.3. The molecule has 1 aliphatic carbocycles. The van der Waals surface area contributed by atoms with Gasteiger partial charge in [0.1, 0.15) is 17.1 Å². The Bertz CT molecular complexity index is 1100. The molecule has 0 N–H and O–H groups in total. The molecule has 4 atom stereocenters. The van der Waals surface area contributed by atoms with Crippen molar-refractivity contribution >= 4 is 46.0 Å². The average molecular weight is 484 g/mol. The molecule has 0 fully saturated rings. The van der Waals surface area contributed by atoms with Crippen LogP contribution in [0.1, 0.15) is 11.1 Å². The fourth-order valence-electron chi connectivity index (χ4n) is 3.39. The Kier molecular flexibility index (Phi) is 8.63. The molecule has 3 unspecified atom stereocenters. The van der Waals surface area contributed by atoms with Crippen molar-refractivity contribution in [1.82, 2.24) is 4.90 Å². The zero-order chi connectivity index (χ0) is 23.8. The van der Waals surface area contributed by atoms with E-state index in [-0.39, 0.29) is 17.9 Å². The lowest BCUT2D eigenvalue weighted by Crippen LogP contribution is -2.47. The molecule has 33 heavy (non-hydrogen) atoms. The minimum Gasteiger partial charge on any atom is -0.303 e. The largest absolute Gasteiger partial charge is 0.317 e. The molecule has 170 valence electrons. The van der Waals surface area contributed by atoms with E-state index < -0.39 is 39.2 Å². The van der Waals surface area contributed by atoms with Crippen LogP contribution in [0.25, 0.3) is 0 Å². The predicted molar refractivity (Wildman–Crippen MR) is 127 cm³/mol. The number of hydrogen-bond acceptors (Lipinski definition) is 5. The van der Waals surface area contributed by atoms with Gasteiger partial charge in [-0.2, -0.15) is 0 Å². The van der Waals surface area contributed by atoms with Crippen molar-refractivity contribution in [3.63, 3.8) is 0 Å². The molecule has 0 aromatic heterocycles. The Labute approximate surface area is 199 Å². The zero-order valence-corrected chi connectivity index (χ0v) is 19.2. The van der Waals surface area contributed by atoms with E-state index >= 15 is 0 Å². The molecule has 3 rings (SSSR count). The summed E-state index contributed by atoms with van der Waals surface area (Å²) in [5.41, 5.74) is 1.50. The molecule has 0 aliphatic heterocycles. The maximum absolute atomic E-state index is 13.3. The second-order valence-corrected chi connectivity index (χ2v) is 9.26. The van der Waals surface area contributed by atoms with Crippen LogP contribution in [0.3, 0.4) is 0 Å². The summed E-state index contributed by atoms with van der Waals surface area (Å²) in [6.07, 6.45) is 5.31. The summed E-state index contributed by atoms with van der Waals surface area (Å²) in [7, 11) is -2.07. The molecule has 0 heterocycles. The number of carbonyl (C=O) groups excluding carboxylic acids is 4. The van der Waals surface area contributed by atoms with Crippen molar-refractivity contribution in [3.05, 3.63) is 95.7 Å². The molecule has 2 aromatic carbocycles. The van der Waals surface area contributed by atoms with Crippen LogP contribution in [0.2, 0.25) is 0 Å². The highest BCUT2D eigenvalue weighted by atomic mass is 35.5. The lowest BCUT2D eigenvalue weighted by Gasteiger charge is -2.30. The van der Waals surface area contributed by atoms with E-state index in [9.17, 15) is 23.4 Å². The molecule has 1 aliphatic rings. The molecule has 0 bridgehead atoms. The number of aldehydes is 2. The third-order valence-corrected chi connectivity index (χ3v) is 6.71. The van der Waals surface area contributed by atoms with Crippen LogP contribution in [0, 0.1) is 5.92 Å². The number of allylic oxidation sites excluding steroid dienone is 3. The first-order chi connectivity index (χ1) is 15.9. The first-order valence-corrected chi connectivity index (χ1v) is 12.0. The SMILES string of the molecule is O=CC1C=CC(N(C(=O)S(=O)Cc2ccccc2)C(C=O)C(=O)Cc2ccccc2)=C[C@H]1Cl. The molecule has 0 spiro atoms. The van der Waals surface area contributed by atoms with Crippen molar-refractivity contribution in [1.29, 1.82) is 0 Å². The molecule has 0 saturated carbocycles. The molecular formula is C25H22ClNO5S. The topological polar surface area (TPSA) is 88.6 Å². The third-order valence-electron chi connectivity index (χ3n) is 5.11. The van der Waals surface area contributed by atoms with Crippen LogP contribution < -0.4 is 0 Å². The van der Waals surface area contributed by atoms with Gasteiger partial charge in [-0.25, -0.2) is 4.21 Å². The van der Waals surface area contributed by atoms with Crippen LogP contribution in [-0.4, -0.2) is 44.1 Å². The van der Waals surface area contributed by atoms with Crippen LogP contribution in [0.15, 0.2) is 84.6 Å². The van der Waals surface area contributed by atoms with E-state index in [0.29, 0.717) is 23.7 Å². The van der Waals surface area contributed by atoms with Crippen molar-refractivity contribution in [2.45, 2.75) is 23.6 Å². The van der Waals surface area contributed by atoms with E-state index in [0.717, 1.165) is 4.90 Å². The highest BCUT2D eigenvalue weighted by Crippen LogP contribution is 2.26. The Morgan fingerprint density at radius 3 is 2.15 bits per heavy atom. The smallest absolute Gasteiger partial charge is 0.303 e. The van der Waals surface area contributed by atoms with Crippen molar-refractivity contribution < 1.29 is 23.4 Å². The molecule has 8 heteroatoms. The van der Waals surface area contributed by atoms with Gasteiger partial charge < -0.3 is 9.59 Å². The van der Waals surface area contributed by atoms with Gasteiger partial charge >= 0.3 is 5.24 Å². The second kappa shape index (κ2) is 11.6. The van der Waals surface area contributed by atoms with Crippen LogP contribution in [0.4, 0.5) is 4.79 Å². The van der Waals surface area contributed by atoms with Gasteiger partial charge in [0, 0.05) is 12.1 Å². The summed E-state index contributed by atoms with van der Waals surface area (Å²) in [5, 5.41) is -1.67. The molecular weight excluding hydrogens is 462 g/mol. The third kappa shape index (κ3) is 6.21. The average Bonchev–Trinajstić information content (AvgIpc) is 2.83.